The second-order valence-electron chi connectivity index (χ2n) is 5.05. The standard InChI is InChI=1S/C14H27NO4/c1-17-8-5-9-18-10-11-19-14(16)13(15)12-6-3-2-4-7-12/h12-13H,2-11,15H2,1H3. The summed E-state index contributed by atoms with van der Waals surface area (Å²) in [5.41, 5.74) is 5.94. The first kappa shape index (κ1) is 16.4. The molecular weight excluding hydrogens is 246 g/mol. The van der Waals surface area contributed by atoms with Crippen LogP contribution in [0.2, 0.25) is 0 Å². The van der Waals surface area contributed by atoms with Crippen LogP contribution in [0.1, 0.15) is 38.5 Å². The van der Waals surface area contributed by atoms with Gasteiger partial charge in [0.2, 0.25) is 0 Å². The molecule has 1 rings (SSSR count). The largest absolute Gasteiger partial charge is 0.462 e. The fourth-order valence-corrected chi connectivity index (χ4v) is 2.39. The van der Waals surface area contributed by atoms with Crippen LogP contribution in [0.3, 0.4) is 0 Å². The van der Waals surface area contributed by atoms with Crippen LogP contribution in [0.15, 0.2) is 0 Å². The molecule has 0 saturated heterocycles. The zero-order valence-corrected chi connectivity index (χ0v) is 11.9. The first-order valence-corrected chi connectivity index (χ1v) is 7.24. The van der Waals surface area contributed by atoms with Gasteiger partial charge in [0.25, 0.3) is 0 Å². The van der Waals surface area contributed by atoms with Crippen molar-refractivity contribution in [2.75, 3.05) is 33.5 Å². The van der Waals surface area contributed by atoms with E-state index in [4.69, 9.17) is 19.9 Å². The smallest absolute Gasteiger partial charge is 0.323 e. The fourth-order valence-electron chi connectivity index (χ4n) is 2.39. The average Bonchev–Trinajstić information content (AvgIpc) is 2.46. The Morgan fingerprint density at radius 3 is 2.58 bits per heavy atom. The highest BCUT2D eigenvalue weighted by Gasteiger charge is 2.27. The van der Waals surface area contributed by atoms with E-state index in [2.05, 4.69) is 0 Å². The summed E-state index contributed by atoms with van der Waals surface area (Å²) in [6.45, 7) is 2.02. The molecule has 0 spiro atoms. The number of methoxy groups -OCH3 is 1. The van der Waals surface area contributed by atoms with E-state index >= 15 is 0 Å². The highest BCUT2D eigenvalue weighted by molar-refractivity contribution is 5.75. The second kappa shape index (κ2) is 10.2. The molecule has 0 amide bonds. The van der Waals surface area contributed by atoms with Crippen LogP contribution in [-0.4, -0.2) is 45.5 Å². The molecule has 0 aliphatic heterocycles. The van der Waals surface area contributed by atoms with Gasteiger partial charge in [0.15, 0.2) is 0 Å². The highest BCUT2D eigenvalue weighted by atomic mass is 16.6. The molecule has 1 aliphatic carbocycles. The van der Waals surface area contributed by atoms with Gasteiger partial charge in [-0.3, -0.25) is 4.79 Å². The monoisotopic (exact) mass is 273 g/mol. The minimum atomic E-state index is -0.464. The van der Waals surface area contributed by atoms with Crippen LogP contribution in [0.5, 0.6) is 0 Å². The van der Waals surface area contributed by atoms with Crippen LogP contribution in [0.25, 0.3) is 0 Å². The van der Waals surface area contributed by atoms with Crippen LogP contribution >= 0.6 is 0 Å². The van der Waals surface area contributed by atoms with Gasteiger partial charge >= 0.3 is 5.97 Å². The summed E-state index contributed by atoms with van der Waals surface area (Å²) < 4.78 is 15.4. The Kier molecular flexibility index (Phi) is 8.79. The van der Waals surface area contributed by atoms with Crippen molar-refractivity contribution in [3.63, 3.8) is 0 Å². The number of esters is 1. The van der Waals surface area contributed by atoms with Gasteiger partial charge < -0.3 is 19.9 Å². The summed E-state index contributed by atoms with van der Waals surface area (Å²) in [5, 5.41) is 0. The molecule has 112 valence electrons. The summed E-state index contributed by atoms with van der Waals surface area (Å²) in [6, 6.07) is -0.464. The van der Waals surface area contributed by atoms with Crippen molar-refractivity contribution in [3.05, 3.63) is 0 Å². The molecule has 0 aromatic rings. The maximum atomic E-state index is 11.8. The predicted octanol–water partition coefficient (Wildman–Crippen LogP) is 1.49. The number of hydrogen-bond acceptors (Lipinski definition) is 5. The topological polar surface area (TPSA) is 70.8 Å². The van der Waals surface area contributed by atoms with Crippen LogP contribution < -0.4 is 5.73 Å². The van der Waals surface area contributed by atoms with E-state index in [1.54, 1.807) is 7.11 Å². The number of rotatable bonds is 9. The quantitative estimate of drug-likeness (QED) is 0.509. The molecular formula is C14H27NO4. The number of carbonyl (C=O) groups is 1. The SMILES string of the molecule is COCCCOCCOC(=O)C(N)C1CCCCC1. The molecule has 5 heteroatoms. The third-order valence-electron chi connectivity index (χ3n) is 3.54. The van der Waals surface area contributed by atoms with Gasteiger partial charge in [-0.1, -0.05) is 19.3 Å². The lowest BCUT2D eigenvalue weighted by atomic mass is 9.84. The normalized spacial score (nSPS) is 18.2. The Morgan fingerprint density at radius 2 is 1.89 bits per heavy atom. The summed E-state index contributed by atoms with van der Waals surface area (Å²) in [7, 11) is 1.66. The first-order valence-electron chi connectivity index (χ1n) is 7.24. The Balaban J connectivity index is 2.03. The van der Waals surface area contributed by atoms with Gasteiger partial charge in [0.05, 0.1) is 6.61 Å². The van der Waals surface area contributed by atoms with Crippen molar-refractivity contribution in [1.82, 2.24) is 0 Å². The maximum absolute atomic E-state index is 11.8. The van der Waals surface area contributed by atoms with Gasteiger partial charge in [0, 0.05) is 20.3 Å². The van der Waals surface area contributed by atoms with Crippen LogP contribution in [0, 0.1) is 5.92 Å². The predicted molar refractivity (Wildman–Crippen MR) is 72.8 cm³/mol. The van der Waals surface area contributed by atoms with E-state index < -0.39 is 6.04 Å². The molecule has 1 fully saturated rings. The lowest BCUT2D eigenvalue weighted by Crippen LogP contribution is -2.40. The summed E-state index contributed by atoms with van der Waals surface area (Å²) in [6.07, 6.45) is 6.55. The summed E-state index contributed by atoms with van der Waals surface area (Å²) >= 11 is 0. The highest BCUT2D eigenvalue weighted by Crippen LogP contribution is 2.25. The van der Waals surface area contributed by atoms with Gasteiger partial charge in [-0.05, 0) is 25.2 Å². The molecule has 1 unspecified atom stereocenters. The first-order chi connectivity index (χ1) is 9.25. The molecule has 1 saturated carbocycles. The van der Waals surface area contributed by atoms with E-state index in [0.29, 0.717) is 25.7 Å². The second-order valence-corrected chi connectivity index (χ2v) is 5.05. The number of ether oxygens (including phenoxy) is 3. The lowest BCUT2D eigenvalue weighted by molar-refractivity contribution is -0.148. The van der Waals surface area contributed by atoms with Crippen molar-refractivity contribution in [2.24, 2.45) is 11.7 Å². The van der Waals surface area contributed by atoms with E-state index in [0.717, 1.165) is 19.3 Å². The Bertz CT molecular complexity index is 242. The van der Waals surface area contributed by atoms with Gasteiger partial charge in [-0.25, -0.2) is 0 Å². The molecule has 0 bridgehead atoms. The van der Waals surface area contributed by atoms with Crippen molar-refractivity contribution in [1.29, 1.82) is 0 Å². The van der Waals surface area contributed by atoms with Gasteiger partial charge in [-0.2, -0.15) is 0 Å². The third-order valence-corrected chi connectivity index (χ3v) is 3.54. The zero-order chi connectivity index (χ0) is 13.9. The van der Waals surface area contributed by atoms with E-state index in [1.807, 2.05) is 0 Å². The van der Waals surface area contributed by atoms with E-state index in [1.165, 1.54) is 19.3 Å². The number of hydrogen-bond donors (Lipinski definition) is 1. The average molecular weight is 273 g/mol. The zero-order valence-electron chi connectivity index (χ0n) is 11.9. The van der Waals surface area contributed by atoms with Crippen molar-refractivity contribution in [3.8, 4) is 0 Å². The van der Waals surface area contributed by atoms with E-state index in [9.17, 15) is 4.79 Å². The molecule has 1 aliphatic rings. The fraction of sp³-hybridized carbons (Fsp3) is 0.929. The lowest BCUT2D eigenvalue weighted by Gasteiger charge is -2.25. The molecule has 0 aromatic heterocycles. The maximum Gasteiger partial charge on any atom is 0.323 e. The Labute approximate surface area is 115 Å². The van der Waals surface area contributed by atoms with Crippen molar-refractivity contribution < 1.29 is 19.0 Å². The minimum absolute atomic E-state index is 0.284. The third kappa shape index (κ3) is 6.89. The summed E-state index contributed by atoms with van der Waals surface area (Å²) in [4.78, 5) is 11.8. The minimum Gasteiger partial charge on any atom is -0.462 e. The van der Waals surface area contributed by atoms with Crippen molar-refractivity contribution >= 4 is 5.97 Å². The molecule has 2 N–H and O–H groups in total. The number of nitrogens with two attached hydrogens (primary N) is 1. The van der Waals surface area contributed by atoms with Crippen LogP contribution in [0.4, 0.5) is 0 Å². The van der Waals surface area contributed by atoms with Gasteiger partial charge in [-0.15, -0.1) is 0 Å². The number of carbonyl (C=O) groups excluding carboxylic acids is 1. The molecule has 5 nitrogen and oxygen atoms in total. The Morgan fingerprint density at radius 1 is 1.16 bits per heavy atom. The van der Waals surface area contributed by atoms with Crippen molar-refractivity contribution in [2.45, 2.75) is 44.6 Å². The van der Waals surface area contributed by atoms with Crippen LogP contribution in [-0.2, 0) is 19.0 Å². The molecule has 19 heavy (non-hydrogen) atoms. The summed E-state index contributed by atoms with van der Waals surface area (Å²) in [5.74, 6) is 0.0104. The van der Waals surface area contributed by atoms with Gasteiger partial charge in [0.1, 0.15) is 12.6 Å². The Hall–Kier alpha value is -0.650. The molecule has 1 atom stereocenters. The molecule has 0 aromatic carbocycles. The molecule has 0 heterocycles. The molecule has 0 radical (unpaired) electrons. The van der Waals surface area contributed by atoms with E-state index in [-0.39, 0.29) is 12.6 Å².